The number of thiocarbonyl (C=S) groups is 1. The lowest BCUT2D eigenvalue weighted by molar-refractivity contribution is -0.143. The molecular weight excluding hydrogens is 224 g/mol. The molecule has 0 saturated heterocycles. The van der Waals surface area contributed by atoms with Crippen LogP contribution < -0.4 is 10.6 Å². The predicted octanol–water partition coefficient (Wildman–Crippen LogP) is 1.45. The van der Waals surface area contributed by atoms with Gasteiger partial charge < -0.3 is 15.4 Å². The first-order valence-corrected chi connectivity index (χ1v) is 6.05. The second-order valence-corrected chi connectivity index (χ2v) is 4.41. The molecule has 0 aliphatic heterocycles. The SMILES string of the molecule is CCCCNC(=S)NC(C(=O)OC)C(C)C. The van der Waals surface area contributed by atoms with Crippen molar-refractivity contribution in [2.45, 2.75) is 39.7 Å². The summed E-state index contributed by atoms with van der Waals surface area (Å²) in [5, 5.41) is 6.54. The number of esters is 1. The summed E-state index contributed by atoms with van der Waals surface area (Å²) in [7, 11) is 1.38. The molecular formula is C11H22N2O2S. The maximum Gasteiger partial charge on any atom is 0.328 e. The van der Waals surface area contributed by atoms with Gasteiger partial charge in [-0.2, -0.15) is 0 Å². The molecule has 16 heavy (non-hydrogen) atoms. The molecule has 0 heterocycles. The molecule has 1 atom stereocenters. The van der Waals surface area contributed by atoms with Gasteiger partial charge >= 0.3 is 5.97 Å². The predicted molar refractivity (Wildman–Crippen MR) is 69.3 cm³/mol. The van der Waals surface area contributed by atoms with Crippen LogP contribution in [0, 0.1) is 5.92 Å². The monoisotopic (exact) mass is 246 g/mol. The molecule has 0 aromatic heterocycles. The molecule has 0 bridgehead atoms. The third kappa shape index (κ3) is 5.90. The number of hydrogen-bond acceptors (Lipinski definition) is 3. The molecule has 0 fully saturated rings. The fraction of sp³-hybridized carbons (Fsp3) is 0.818. The Kier molecular flexibility index (Phi) is 7.89. The summed E-state index contributed by atoms with van der Waals surface area (Å²) in [5.74, 6) is -0.145. The van der Waals surface area contributed by atoms with Crippen LogP contribution in [0.2, 0.25) is 0 Å². The summed E-state index contributed by atoms with van der Waals surface area (Å²) in [6.45, 7) is 6.84. The largest absolute Gasteiger partial charge is 0.467 e. The highest BCUT2D eigenvalue weighted by atomic mass is 32.1. The first-order valence-electron chi connectivity index (χ1n) is 5.65. The number of nitrogens with one attached hydrogen (secondary N) is 2. The van der Waals surface area contributed by atoms with Gasteiger partial charge in [0.05, 0.1) is 7.11 Å². The lowest BCUT2D eigenvalue weighted by Gasteiger charge is -2.21. The van der Waals surface area contributed by atoms with Crippen molar-refractivity contribution in [1.29, 1.82) is 0 Å². The first kappa shape index (κ1) is 15.2. The average Bonchev–Trinajstić information content (AvgIpc) is 2.25. The fourth-order valence-electron chi connectivity index (χ4n) is 1.20. The second kappa shape index (κ2) is 8.33. The number of hydrogen-bond donors (Lipinski definition) is 2. The molecule has 0 aromatic carbocycles. The van der Waals surface area contributed by atoms with Crippen LogP contribution in [0.3, 0.4) is 0 Å². The van der Waals surface area contributed by atoms with E-state index in [9.17, 15) is 4.79 Å². The van der Waals surface area contributed by atoms with Gasteiger partial charge in [0.1, 0.15) is 6.04 Å². The maximum atomic E-state index is 11.4. The van der Waals surface area contributed by atoms with Crippen molar-refractivity contribution in [3.63, 3.8) is 0 Å². The van der Waals surface area contributed by atoms with Crippen molar-refractivity contribution in [2.24, 2.45) is 5.92 Å². The molecule has 0 spiro atoms. The van der Waals surface area contributed by atoms with E-state index in [-0.39, 0.29) is 17.9 Å². The second-order valence-electron chi connectivity index (χ2n) is 4.00. The molecule has 0 radical (unpaired) electrons. The normalized spacial score (nSPS) is 12.1. The zero-order chi connectivity index (χ0) is 12.6. The number of carbonyl (C=O) groups excluding carboxylic acids is 1. The van der Waals surface area contributed by atoms with E-state index < -0.39 is 0 Å². The van der Waals surface area contributed by atoms with Gasteiger partial charge in [0.25, 0.3) is 0 Å². The maximum absolute atomic E-state index is 11.4. The van der Waals surface area contributed by atoms with Gasteiger partial charge in [0, 0.05) is 6.54 Å². The Hall–Kier alpha value is -0.840. The zero-order valence-corrected chi connectivity index (χ0v) is 11.3. The van der Waals surface area contributed by atoms with Crippen LogP contribution in [0.25, 0.3) is 0 Å². The number of methoxy groups -OCH3 is 1. The summed E-state index contributed by atoms with van der Waals surface area (Å²) < 4.78 is 4.71. The molecule has 0 aliphatic carbocycles. The summed E-state index contributed by atoms with van der Waals surface area (Å²) in [5.41, 5.74) is 0. The molecule has 0 amide bonds. The molecule has 0 aliphatic rings. The van der Waals surface area contributed by atoms with Gasteiger partial charge in [0.2, 0.25) is 0 Å². The van der Waals surface area contributed by atoms with E-state index in [4.69, 9.17) is 17.0 Å². The summed E-state index contributed by atoms with van der Waals surface area (Å²) in [6.07, 6.45) is 2.17. The van der Waals surface area contributed by atoms with Gasteiger partial charge in [0.15, 0.2) is 5.11 Å². The zero-order valence-electron chi connectivity index (χ0n) is 10.5. The van der Waals surface area contributed by atoms with E-state index in [2.05, 4.69) is 17.6 Å². The Bertz CT molecular complexity index is 232. The van der Waals surface area contributed by atoms with Crippen LogP contribution >= 0.6 is 12.2 Å². The smallest absolute Gasteiger partial charge is 0.328 e. The Morgan fingerprint density at radius 2 is 2.06 bits per heavy atom. The minimum atomic E-state index is -0.383. The standard InChI is InChI=1S/C11H22N2O2S/c1-5-6-7-12-11(16)13-9(8(2)3)10(14)15-4/h8-9H,5-7H2,1-4H3,(H2,12,13,16). The van der Waals surface area contributed by atoms with Crippen LogP contribution in [0.4, 0.5) is 0 Å². The van der Waals surface area contributed by atoms with E-state index in [1.165, 1.54) is 7.11 Å². The van der Waals surface area contributed by atoms with Crippen LogP contribution in [0.1, 0.15) is 33.6 Å². The molecule has 0 aromatic rings. The minimum Gasteiger partial charge on any atom is -0.467 e. The van der Waals surface area contributed by atoms with Gasteiger partial charge in [-0.15, -0.1) is 0 Å². The minimum absolute atomic E-state index is 0.137. The molecule has 5 heteroatoms. The quantitative estimate of drug-likeness (QED) is 0.422. The van der Waals surface area contributed by atoms with Gasteiger partial charge in [-0.25, -0.2) is 4.79 Å². The number of ether oxygens (including phenoxy) is 1. The van der Waals surface area contributed by atoms with Crippen LogP contribution in [-0.2, 0) is 9.53 Å². The fourth-order valence-corrected chi connectivity index (χ4v) is 1.42. The van der Waals surface area contributed by atoms with Crippen molar-refractivity contribution in [3.05, 3.63) is 0 Å². The van der Waals surface area contributed by atoms with Crippen molar-refractivity contribution in [2.75, 3.05) is 13.7 Å². The number of rotatable bonds is 6. The molecule has 0 rings (SSSR count). The Balaban J connectivity index is 4.09. The van der Waals surface area contributed by atoms with Crippen molar-refractivity contribution in [3.8, 4) is 0 Å². The molecule has 0 saturated carbocycles. The summed E-state index contributed by atoms with van der Waals surface area (Å²) in [4.78, 5) is 11.4. The number of unbranched alkanes of at least 4 members (excludes halogenated alkanes) is 1. The Morgan fingerprint density at radius 3 is 2.50 bits per heavy atom. The summed E-state index contributed by atoms with van der Waals surface area (Å²) >= 11 is 5.10. The van der Waals surface area contributed by atoms with E-state index in [0.29, 0.717) is 5.11 Å². The van der Waals surface area contributed by atoms with Crippen LogP contribution in [0.5, 0.6) is 0 Å². The molecule has 1 unspecified atom stereocenters. The Labute approximate surface area is 103 Å². The summed E-state index contributed by atoms with van der Waals surface area (Å²) in [6, 6.07) is -0.383. The van der Waals surface area contributed by atoms with Crippen LogP contribution in [-0.4, -0.2) is 30.8 Å². The lowest BCUT2D eigenvalue weighted by atomic mass is 10.1. The molecule has 2 N–H and O–H groups in total. The van der Waals surface area contributed by atoms with Crippen molar-refractivity contribution < 1.29 is 9.53 Å². The van der Waals surface area contributed by atoms with E-state index in [1.807, 2.05) is 13.8 Å². The lowest BCUT2D eigenvalue weighted by Crippen LogP contribution is -2.49. The Morgan fingerprint density at radius 1 is 1.44 bits per heavy atom. The van der Waals surface area contributed by atoms with E-state index in [0.717, 1.165) is 19.4 Å². The molecule has 4 nitrogen and oxygen atoms in total. The average molecular weight is 246 g/mol. The van der Waals surface area contributed by atoms with E-state index >= 15 is 0 Å². The van der Waals surface area contributed by atoms with Crippen molar-refractivity contribution >= 4 is 23.3 Å². The topological polar surface area (TPSA) is 50.4 Å². The van der Waals surface area contributed by atoms with Gasteiger partial charge in [-0.3, -0.25) is 0 Å². The molecule has 94 valence electrons. The van der Waals surface area contributed by atoms with E-state index in [1.54, 1.807) is 0 Å². The first-order chi connectivity index (χ1) is 7.52. The van der Waals surface area contributed by atoms with Crippen LogP contribution in [0.15, 0.2) is 0 Å². The number of carbonyl (C=O) groups is 1. The third-order valence-corrected chi connectivity index (χ3v) is 2.49. The van der Waals surface area contributed by atoms with Gasteiger partial charge in [-0.05, 0) is 24.6 Å². The highest BCUT2D eigenvalue weighted by molar-refractivity contribution is 7.80. The highest BCUT2D eigenvalue weighted by Gasteiger charge is 2.23. The third-order valence-electron chi connectivity index (χ3n) is 2.22. The van der Waals surface area contributed by atoms with Crippen molar-refractivity contribution in [1.82, 2.24) is 10.6 Å². The highest BCUT2D eigenvalue weighted by Crippen LogP contribution is 2.03. The van der Waals surface area contributed by atoms with Gasteiger partial charge in [-0.1, -0.05) is 27.2 Å².